The number of ether oxygens (including phenoxy) is 4. The van der Waals surface area contributed by atoms with Crippen molar-refractivity contribution in [1.29, 1.82) is 0 Å². The highest BCUT2D eigenvalue weighted by atomic mass is 16.6. The molecular weight excluding hydrogens is 558 g/mol. The van der Waals surface area contributed by atoms with Crippen molar-refractivity contribution in [3.05, 3.63) is 35.9 Å². The molecule has 0 radical (unpaired) electrons. The summed E-state index contributed by atoms with van der Waals surface area (Å²) < 4.78 is 21.9. The molecule has 2 amide bonds. The van der Waals surface area contributed by atoms with Crippen LogP contribution in [0, 0.1) is 5.92 Å². The lowest BCUT2D eigenvalue weighted by atomic mass is 9.83. The first-order valence-electron chi connectivity index (χ1n) is 15.5. The van der Waals surface area contributed by atoms with Crippen molar-refractivity contribution in [2.75, 3.05) is 39.5 Å². The second-order valence-corrected chi connectivity index (χ2v) is 11.6. The molecule has 1 aromatic carbocycles. The van der Waals surface area contributed by atoms with Gasteiger partial charge in [-0.1, -0.05) is 62.4 Å². The summed E-state index contributed by atoms with van der Waals surface area (Å²) in [5, 5.41) is 16.5. The lowest BCUT2D eigenvalue weighted by molar-refractivity contribution is -0.163. The number of rotatable bonds is 7. The number of amides is 2. The minimum absolute atomic E-state index is 0.0126. The summed E-state index contributed by atoms with van der Waals surface area (Å²) in [7, 11) is 0. The second kappa shape index (κ2) is 17.2. The van der Waals surface area contributed by atoms with Crippen LogP contribution >= 0.6 is 0 Å². The van der Waals surface area contributed by atoms with Gasteiger partial charge < -0.3 is 34.7 Å². The Kier molecular flexibility index (Phi) is 13.1. The van der Waals surface area contributed by atoms with E-state index in [1.165, 1.54) is 0 Å². The van der Waals surface area contributed by atoms with Gasteiger partial charge in [-0.3, -0.25) is 14.5 Å². The number of morpholine rings is 1. The van der Waals surface area contributed by atoms with E-state index in [-0.39, 0.29) is 18.9 Å². The quantitative estimate of drug-likeness (QED) is 0.312. The molecule has 12 nitrogen and oxygen atoms in total. The number of nitrogens with zero attached hydrogens (tertiary/aromatic N) is 1. The third-order valence-electron chi connectivity index (χ3n) is 8.25. The van der Waals surface area contributed by atoms with E-state index in [2.05, 4.69) is 15.5 Å². The number of aliphatic hydroxyl groups excluding tert-OH is 1. The molecule has 1 saturated carbocycles. The summed E-state index contributed by atoms with van der Waals surface area (Å²) in [6.45, 7) is 2.58. The van der Waals surface area contributed by atoms with Crippen molar-refractivity contribution >= 4 is 23.9 Å². The Labute approximate surface area is 252 Å². The van der Waals surface area contributed by atoms with Crippen LogP contribution in [0.1, 0.15) is 63.4 Å². The molecule has 0 spiro atoms. The molecule has 1 aromatic rings. The Balaban J connectivity index is 1.46. The van der Waals surface area contributed by atoms with Crippen molar-refractivity contribution < 1.29 is 43.2 Å². The zero-order valence-electron chi connectivity index (χ0n) is 24.7. The predicted molar refractivity (Wildman–Crippen MR) is 155 cm³/mol. The minimum atomic E-state index is -1.60. The van der Waals surface area contributed by atoms with Gasteiger partial charge in [0.1, 0.15) is 25.4 Å². The molecule has 2 aliphatic heterocycles. The predicted octanol–water partition coefficient (Wildman–Crippen LogP) is 2.07. The van der Waals surface area contributed by atoms with Crippen molar-refractivity contribution in [2.24, 2.45) is 5.92 Å². The number of aliphatic hydroxyl groups is 1. The molecule has 238 valence electrons. The lowest BCUT2D eigenvalue weighted by Crippen LogP contribution is -2.56. The van der Waals surface area contributed by atoms with Gasteiger partial charge in [0.15, 0.2) is 6.10 Å². The number of esters is 2. The first-order valence-corrected chi connectivity index (χ1v) is 15.5. The summed E-state index contributed by atoms with van der Waals surface area (Å²) in [6.07, 6.45) is 3.26. The van der Waals surface area contributed by atoms with Crippen LogP contribution < -0.4 is 10.6 Å². The summed E-state index contributed by atoms with van der Waals surface area (Å²) in [5.41, 5.74) is 0.764. The second-order valence-electron chi connectivity index (χ2n) is 11.6. The molecule has 1 aliphatic carbocycles. The summed E-state index contributed by atoms with van der Waals surface area (Å²) in [6, 6.07) is 6.83. The fourth-order valence-corrected chi connectivity index (χ4v) is 5.80. The fraction of sp³-hybridized carbons (Fsp3) is 0.677. The Morgan fingerprint density at radius 3 is 2.51 bits per heavy atom. The number of hydrogen-bond donors (Lipinski definition) is 3. The van der Waals surface area contributed by atoms with E-state index in [1.807, 2.05) is 18.2 Å². The van der Waals surface area contributed by atoms with Gasteiger partial charge >= 0.3 is 18.0 Å². The molecule has 3 fully saturated rings. The maximum absolute atomic E-state index is 13.5. The highest BCUT2D eigenvalue weighted by Gasteiger charge is 2.36. The Hall–Kier alpha value is -3.22. The Morgan fingerprint density at radius 2 is 1.77 bits per heavy atom. The molecular formula is C31H45N3O9. The van der Waals surface area contributed by atoms with E-state index < -0.39 is 54.8 Å². The van der Waals surface area contributed by atoms with Gasteiger partial charge in [0.25, 0.3) is 0 Å². The van der Waals surface area contributed by atoms with E-state index in [1.54, 1.807) is 12.1 Å². The molecule has 3 aliphatic rings. The number of cyclic esters (lactones) is 2. The van der Waals surface area contributed by atoms with E-state index in [9.17, 15) is 24.3 Å². The zero-order chi connectivity index (χ0) is 30.4. The minimum Gasteiger partial charge on any atom is -0.463 e. The van der Waals surface area contributed by atoms with Crippen LogP contribution in [0.25, 0.3) is 0 Å². The summed E-state index contributed by atoms with van der Waals surface area (Å²) >= 11 is 0. The highest BCUT2D eigenvalue weighted by molar-refractivity contribution is 5.87. The standard InChI is InChI=1S/C31H45N3O9/c35-27-13-7-12-24(19-34-14-16-40-17-15-34)43-30(38)28(36)25(18-22-8-3-1-4-9-22)32-29(37)26(21-41-27)33-31(39)42-20-23-10-5-2-6-11-23/h2,5-6,10-11,22,24-26,28,36H,1,3-4,7-9,12-21H2,(H,32,37)(H,33,39)/t24?,25-,26-,28+/m0/s1. The van der Waals surface area contributed by atoms with Crippen LogP contribution in [0.3, 0.4) is 0 Å². The number of benzene rings is 1. The first kappa shape index (κ1) is 32.7. The van der Waals surface area contributed by atoms with Gasteiger partial charge in [-0.25, -0.2) is 9.59 Å². The zero-order valence-corrected chi connectivity index (χ0v) is 24.7. The third-order valence-corrected chi connectivity index (χ3v) is 8.25. The molecule has 3 N–H and O–H groups in total. The Morgan fingerprint density at radius 1 is 1.02 bits per heavy atom. The van der Waals surface area contributed by atoms with Gasteiger partial charge in [0.2, 0.25) is 5.91 Å². The van der Waals surface area contributed by atoms with Gasteiger partial charge in [-0.2, -0.15) is 0 Å². The molecule has 2 heterocycles. The van der Waals surface area contributed by atoms with E-state index in [0.717, 1.165) is 37.7 Å². The number of alkyl carbamates (subject to hydrolysis) is 1. The number of nitrogens with one attached hydrogen (secondary N) is 2. The normalized spacial score (nSPS) is 27.2. The third kappa shape index (κ3) is 11.1. The van der Waals surface area contributed by atoms with Crippen LogP contribution in [0.15, 0.2) is 30.3 Å². The maximum Gasteiger partial charge on any atom is 0.408 e. The van der Waals surface area contributed by atoms with Gasteiger partial charge in [-0.05, 0) is 30.7 Å². The van der Waals surface area contributed by atoms with Crippen molar-refractivity contribution in [1.82, 2.24) is 15.5 Å². The number of carbonyl (C=O) groups excluding carboxylic acids is 4. The van der Waals surface area contributed by atoms with Crippen LogP contribution in [0.5, 0.6) is 0 Å². The van der Waals surface area contributed by atoms with E-state index in [4.69, 9.17) is 18.9 Å². The molecule has 43 heavy (non-hydrogen) atoms. The fourth-order valence-electron chi connectivity index (χ4n) is 5.80. The largest absolute Gasteiger partial charge is 0.463 e. The van der Waals surface area contributed by atoms with Crippen molar-refractivity contribution in [3.8, 4) is 0 Å². The van der Waals surface area contributed by atoms with Crippen LogP contribution in [-0.4, -0.2) is 97.7 Å². The number of hydrogen-bond acceptors (Lipinski definition) is 10. The number of carbonyl (C=O) groups is 4. The molecule has 0 aromatic heterocycles. The van der Waals surface area contributed by atoms with Crippen LogP contribution in [0.4, 0.5) is 4.79 Å². The average molecular weight is 604 g/mol. The highest BCUT2D eigenvalue weighted by Crippen LogP contribution is 2.28. The summed E-state index contributed by atoms with van der Waals surface area (Å²) in [4.78, 5) is 54.1. The van der Waals surface area contributed by atoms with Crippen molar-refractivity contribution in [3.63, 3.8) is 0 Å². The molecule has 1 unspecified atom stereocenters. The van der Waals surface area contributed by atoms with Crippen LogP contribution in [0.2, 0.25) is 0 Å². The van der Waals surface area contributed by atoms with Crippen LogP contribution in [-0.2, 0) is 39.9 Å². The topological polar surface area (TPSA) is 153 Å². The molecule has 0 bridgehead atoms. The summed E-state index contributed by atoms with van der Waals surface area (Å²) in [5.74, 6) is -1.83. The van der Waals surface area contributed by atoms with Gasteiger partial charge in [0, 0.05) is 26.1 Å². The smallest absolute Gasteiger partial charge is 0.408 e. The SMILES string of the molecule is O=C1CCCC(CN2CCOCC2)OC(=O)[C@H](O)[C@H](CC2CCCCC2)NC(=O)[C@@H](NC(=O)OCc2ccccc2)CO1. The molecule has 2 saturated heterocycles. The van der Waals surface area contributed by atoms with E-state index in [0.29, 0.717) is 52.1 Å². The maximum atomic E-state index is 13.5. The molecule has 12 heteroatoms. The first-order chi connectivity index (χ1) is 20.9. The Bertz CT molecular complexity index is 1040. The average Bonchev–Trinajstić information content (AvgIpc) is 3.02. The molecule has 4 atom stereocenters. The van der Waals surface area contributed by atoms with E-state index >= 15 is 0 Å². The van der Waals surface area contributed by atoms with Gasteiger partial charge in [-0.15, -0.1) is 0 Å². The monoisotopic (exact) mass is 603 g/mol. The van der Waals surface area contributed by atoms with Gasteiger partial charge in [0.05, 0.1) is 19.3 Å². The lowest BCUT2D eigenvalue weighted by Gasteiger charge is -2.33. The van der Waals surface area contributed by atoms with Crippen molar-refractivity contribution in [2.45, 2.75) is 88.7 Å². The molecule has 4 rings (SSSR count).